The quantitative estimate of drug-likeness (QED) is 0.718. The number of aryl methyl sites for hydroxylation is 3. The van der Waals surface area contributed by atoms with Gasteiger partial charge in [-0.15, -0.1) is 0 Å². The van der Waals surface area contributed by atoms with Gasteiger partial charge in [0.15, 0.2) is 6.61 Å². The van der Waals surface area contributed by atoms with E-state index in [1.54, 1.807) is 9.58 Å². The molecule has 8 nitrogen and oxygen atoms in total. The van der Waals surface area contributed by atoms with Crippen molar-refractivity contribution in [2.24, 2.45) is 0 Å². The van der Waals surface area contributed by atoms with Gasteiger partial charge < -0.3 is 14.5 Å². The number of rotatable bonds is 2. The molecule has 2 amide bonds. The maximum atomic E-state index is 13.3. The molecule has 32 heavy (non-hydrogen) atoms. The number of likely N-dealkylation sites (tertiary alicyclic amines) is 1. The lowest BCUT2D eigenvalue weighted by molar-refractivity contribution is -0.144. The fourth-order valence-corrected chi connectivity index (χ4v) is 5.02. The summed E-state index contributed by atoms with van der Waals surface area (Å²) >= 11 is 0. The molecule has 0 saturated carbocycles. The highest BCUT2D eigenvalue weighted by molar-refractivity contribution is 5.79. The highest BCUT2D eigenvalue weighted by Gasteiger charge is 2.38. The molecule has 2 aliphatic heterocycles. The molecule has 0 N–H and O–H groups in total. The van der Waals surface area contributed by atoms with Crippen LogP contribution in [-0.2, 0) is 22.6 Å². The van der Waals surface area contributed by atoms with Gasteiger partial charge in [-0.05, 0) is 57.6 Å². The fourth-order valence-electron chi connectivity index (χ4n) is 5.02. The van der Waals surface area contributed by atoms with Crippen molar-refractivity contribution in [1.29, 1.82) is 0 Å². The van der Waals surface area contributed by atoms with Crippen LogP contribution in [0.1, 0.15) is 49.3 Å². The molecule has 2 aromatic rings. The van der Waals surface area contributed by atoms with Crippen molar-refractivity contribution in [2.75, 3.05) is 20.2 Å². The number of fused-ring (bicyclic) bond motifs is 2. The molecule has 0 radical (unpaired) electrons. The molecule has 4 rings (SSSR count). The molecular formula is C24H33N5O3. The standard InChI is InChI=1S/C24H33N5O3/c1-17-25-18(2)29(26-17)15-23(30)28-14-8-12-20-21(28)11-6-4-9-19-10-5-7-13-22(19)32-16-24(31)27(20)3/h5,7,10,13,20-21H,4,6,8-9,11-12,14-16H2,1-3H3/t20-,21-/m1/s1. The predicted octanol–water partition coefficient (Wildman–Crippen LogP) is 2.52. The van der Waals surface area contributed by atoms with Crippen LogP contribution in [-0.4, -0.2) is 68.7 Å². The van der Waals surface area contributed by atoms with Crippen molar-refractivity contribution in [3.05, 3.63) is 41.5 Å². The van der Waals surface area contributed by atoms with E-state index in [2.05, 4.69) is 16.1 Å². The highest BCUT2D eigenvalue weighted by atomic mass is 16.5. The summed E-state index contributed by atoms with van der Waals surface area (Å²) in [6.45, 7) is 4.62. The molecule has 0 bridgehead atoms. The van der Waals surface area contributed by atoms with Gasteiger partial charge in [0, 0.05) is 13.6 Å². The molecule has 8 heteroatoms. The zero-order valence-electron chi connectivity index (χ0n) is 19.3. The van der Waals surface area contributed by atoms with E-state index in [1.165, 1.54) is 0 Å². The Bertz CT molecular complexity index is 972. The SMILES string of the molecule is Cc1nc(C)n(CC(=O)N2CCC[C@@H]3[C@H]2CCCCc2ccccc2OCC(=O)N3C)n1. The molecule has 1 aromatic carbocycles. The summed E-state index contributed by atoms with van der Waals surface area (Å²) in [7, 11) is 1.85. The van der Waals surface area contributed by atoms with E-state index in [0.717, 1.165) is 55.7 Å². The second-order valence-electron chi connectivity index (χ2n) is 8.87. The van der Waals surface area contributed by atoms with Crippen LogP contribution in [0.2, 0.25) is 0 Å². The van der Waals surface area contributed by atoms with Crippen LogP contribution in [0, 0.1) is 13.8 Å². The van der Waals surface area contributed by atoms with Crippen molar-refractivity contribution >= 4 is 11.8 Å². The third-order valence-corrected chi connectivity index (χ3v) is 6.72. The third kappa shape index (κ3) is 4.79. The van der Waals surface area contributed by atoms with Crippen LogP contribution >= 0.6 is 0 Å². The molecule has 1 fully saturated rings. The van der Waals surface area contributed by atoms with Crippen LogP contribution in [0.3, 0.4) is 0 Å². The third-order valence-electron chi connectivity index (χ3n) is 6.72. The number of amides is 2. The number of nitrogens with zero attached hydrogens (tertiary/aromatic N) is 5. The maximum absolute atomic E-state index is 13.3. The summed E-state index contributed by atoms with van der Waals surface area (Å²) < 4.78 is 7.58. The van der Waals surface area contributed by atoms with E-state index in [4.69, 9.17) is 4.74 Å². The number of carbonyl (C=O) groups is 2. The van der Waals surface area contributed by atoms with E-state index < -0.39 is 0 Å². The molecular weight excluding hydrogens is 406 g/mol. The minimum atomic E-state index is -0.0487. The normalized spacial score (nSPS) is 22.3. The largest absolute Gasteiger partial charge is 0.483 e. The minimum Gasteiger partial charge on any atom is -0.483 e. The molecule has 2 aliphatic rings. The average molecular weight is 440 g/mol. The number of hydrogen-bond donors (Lipinski definition) is 0. The number of para-hydroxylation sites is 1. The predicted molar refractivity (Wildman–Crippen MR) is 120 cm³/mol. The molecule has 0 unspecified atom stereocenters. The molecule has 2 atom stereocenters. The van der Waals surface area contributed by atoms with Crippen molar-refractivity contribution in [3.8, 4) is 5.75 Å². The number of hydrogen-bond acceptors (Lipinski definition) is 5. The Morgan fingerprint density at radius 1 is 1.12 bits per heavy atom. The molecule has 0 spiro atoms. The Balaban J connectivity index is 1.54. The summed E-state index contributed by atoms with van der Waals surface area (Å²) in [6.07, 6.45) is 5.57. The summed E-state index contributed by atoms with van der Waals surface area (Å²) in [5.41, 5.74) is 1.13. The summed E-state index contributed by atoms with van der Waals surface area (Å²) in [6, 6.07) is 7.95. The van der Waals surface area contributed by atoms with Gasteiger partial charge in [-0.25, -0.2) is 9.67 Å². The molecule has 1 aromatic heterocycles. The first-order valence-electron chi connectivity index (χ1n) is 11.6. The molecule has 0 aliphatic carbocycles. The van der Waals surface area contributed by atoms with Gasteiger partial charge in [0.1, 0.15) is 23.9 Å². The topological polar surface area (TPSA) is 80.6 Å². The number of piperidine rings is 1. The molecule has 3 heterocycles. The highest BCUT2D eigenvalue weighted by Crippen LogP contribution is 2.28. The number of benzene rings is 1. The van der Waals surface area contributed by atoms with Gasteiger partial charge in [-0.3, -0.25) is 9.59 Å². The van der Waals surface area contributed by atoms with Gasteiger partial charge in [0.2, 0.25) is 5.91 Å². The Kier molecular flexibility index (Phi) is 6.77. The van der Waals surface area contributed by atoms with Gasteiger partial charge in [-0.2, -0.15) is 5.10 Å². The zero-order chi connectivity index (χ0) is 22.7. The van der Waals surface area contributed by atoms with Crippen LogP contribution in [0.15, 0.2) is 24.3 Å². The number of aromatic nitrogens is 3. The summed E-state index contributed by atoms with van der Waals surface area (Å²) in [4.78, 5) is 34.4. The van der Waals surface area contributed by atoms with Gasteiger partial charge in [-0.1, -0.05) is 24.6 Å². The van der Waals surface area contributed by atoms with Crippen molar-refractivity contribution in [1.82, 2.24) is 24.6 Å². The van der Waals surface area contributed by atoms with Gasteiger partial charge >= 0.3 is 0 Å². The van der Waals surface area contributed by atoms with E-state index in [-0.39, 0.29) is 37.0 Å². The first-order valence-corrected chi connectivity index (χ1v) is 11.6. The van der Waals surface area contributed by atoms with Gasteiger partial charge in [0.25, 0.3) is 5.91 Å². The lowest BCUT2D eigenvalue weighted by Crippen LogP contribution is -2.58. The van der Waals surface area contributed by atoms with Crippen molar-refractivity contribution in [2.45, 2.75) is 71.0 Å². The monoisotopic (exact) mass is 439 g/mol. The van der Waals surface area contributed by atoms with Crippen LogP contribution in [0.5, 0.6) is 5.75 Å². The number of carbonyl (C=O) groups excluding carboxylic acids is 2. The number of likely N-dealkylation sites (N-methyl/N-ethyl adjacent to an activating group) is 1. The Morgan fingerprint density at radius 3 is 2.69 bits per heavy atom. The first kappa shape index (κ1) is 22.3. The maximum Gasteiger partial charge on any atom is 0.260 e. The van der Waals surface area contributed by atoms with Crippen molar-refractivity contribution < 1.29 is 14.3 Å². The second-order valence-corrected chi connectivity index (χ2v) is 8.87. The minimum absolute atomic E-state index is 0.00273. The molecule has 1 saturated heterocycles. The Labute approximate surface area is 189 Å². The summed E-state index contributed by atoms with van der Waals surface area (Å²) in [5.74, 6) is 2.20. The molecule has 172 valence electrons. The lowest BCUT2D eigenvalue weighted by Gasteiger charge is -2.45. The Morgan fingerprint density at radius 2 is 1.91 bits per heavy atom. The first-order chi connectivity index (χ1) is 15.4. The fraction of sp³-hybridized carbons (Fsp3) is 0.583. The van der Waals surface area contributed by atoms with Crippen molar-refractivity contribution in [3.63, 3.8) is 0 Å². The van der Waals surface area contributed by atoms with E-state index >= 15 is 0 Å². The van der Waals surface area contributed by atoms with Gasteiger partial charge in [0.05, 0.1) is 12.1 Å². The van der Waals surface area contributed by atoms with E-state index in [1.807, 2.05) is 44.0 Å². The van der Waals surface area contributed by atoms with Crippen LogP contribution in [0.4, 0.5) is 0 Å². The Hall–Kier alpha value is -2.90. The smallest absolute Gasteiger partial charge is 0.260 e. The van der Waals surface area contributed by atoms with Crippen LogP contribution in [0.25, 0.3) is 0 Å². The average Bonchev–Trinajstić information content (AvgIpc) is 3.10. The summed E-state index contributed by atoms with van der Waals surface area (Å²) in [5, 5.41) is 4.36. The second kappa shape index (κ2) is 9.71. The van der Waals surface area contributed by atoms with Crippen LogP contribution < -0.4 is 4.74 Å². The van der Waals surface area contributed by atoms with E-state index in [0.29, 0.717) is 12.4 Å². The van der Waals surface area contributed by atoms with E-state index in [9.17, 15) is 9.59 Å². The lowest BCUT2D eigenvalue weighted by atomic mass is 9.90. The zero-order valence-corrected chi connectivity index (χ0v) is 19.3. The number of ether oxygens (including phenoxy) is 1.